The number of nitrogens with one attached hydrogen (secondary N) is 1. The summed E-state index contributed by atoms with van der Waals surface area (Å²) in [6.45, 7) is 4.67. The molecule has 2 aromatic rings. The van der Waals surface area contributed by atoms with Gasteiger partial charge in [0.2, 0.25) is 0 Å². The molecule has 0 aliphatic carbocycles. The van der Waals surface area contributed by atoms with Gasteiger partial charge in [-0.1, -0.05) is 6.07 Å². The fourth-order valence-electron chi connectivity index (χ4n) is 3.64. The van der Waals surface area contributed by atoms with Crippen LogP contribution in [0.5, 0.6) is 5.75 Å². The topological polar surface area (TPSA) is 123 Å². The van der Waals surface area contributed by atoms with E-state index >= 15 is 0 Å². The van der Waals surface area contributed by atoms with E-state index in [1.165, 1.54) is 0 Å². The summed E-state index contributed by atoms with van der Waals surface area (Å²) in [6.07, 6.45) is 1.50. The van der Waals surface area contributed by atoms with Gasteiger partial charge in [-0.2, -0.15) is 0 Å². The van der Waals surface area contributed by atoms with Crippen molar-refractivity contribution < 1.29 is 19.4 Å². The van der Waals surface area contributed by atoms with Gasteiger partial charge in [0.15, 0.2) is 6.29 Å². The van der Waals surface area contributed by atoms with Crippen LogP contribution in [0.1, 0.15) is 36.5 Å². The SMILES string of the molecule is CCOC(=O)c1ccc(N2CCC(NCCC(O)Oc3cccc(N)c3N)CC2)cc1. The van der Waals surface area contributed by atoms with Crippen LogP contribution in [0.3, 0.4) is 0 Å². The van der Waals surface area contributed by atoms with E-state index in [1.807, 2.05) is 24.3 Å². The molecule has 0 saturated carbocycles. The Balaban J connectivity index is 1.38. The van der Waals surface area contributed by atoms with Crippen LogP contribution in [0, 0.1) is 0 Å². The highest BCUT2D eigenvalue weighted by Crippen LogP contribution is 2.27. The summed E-state index contributed by atoms with van der Waals surface area (Å²) >= 11 is 0. The number of esters is 1. The molecule has 1 heterocycles. The van der Waals surface area contributed by atoms with Crippen molar-refractivity contribution in [2.75, 3.05) is 42.6 Å². The van der Waals surface area contributed by atoms with E-state index in [9.17, 15) is 9.90 Å². The molecule has 0 radical (unpaired) electrons. The first-order valence-electron chi connectivity index (χ1n) is 10.7. The number of para-hydroxylation sites is 1. The lowest BCUT2D eigenvalue weighted by molar-refractivity contribution is -0.0223. The molecular formula is C23H32N4O4. The fraction of sp³-hybridized carbons (Fsp3) is 0.435. The summed E-state index contributed by atoms with van der Waals surface area (Å²) in [5.41, 5.74) is 14.1. The van der Waals surface area contributed by atoms with Crippen LogP contribution in [-0.4, -0.2) is 49.6 Å². The van der Waals surface area contributed by atoms with E-state index < -0.39 is 6.29 Å². The Morgan fingerprint density at radius 3 is 2.58 bits per heavy atom. The number of nitrogens with two attached hydrogens (primary N) is 2. The molecule has 2 aromatic carbocycles. The second kappa shape index (κ2) is 10.9. The molecule has 1 saturated heterocycles. The number of aliphatic hydroxyl groups excluding tert-OH is 1. The molecule has 6 N–H and O–H groups in total. The molecule has 8 heteroatoms. The monoisotopic (exact) mass is 428 g/mol. The van der Waals surface area contributed by atoms with Gasteiger partial charge in [0.05, 0.1) is 23.5 Å². The van der Waals surface area contributed by atoms with Crippen molar-refractivity contribution in [1.29, 1.82) is 0 Å². The molecule has 8 nitrogen and oxygen atoms in total. The highest BCUT2D eigenvalue weighted by molar-refractivity contribution is 5.89. The van der Waals surface area contributed by atoms with Crippen LogP contribution in [0.15, 0.2) is 42.5 Å². The zero-order valence-corrected chi connectivity index (χ0v) is 17.9. The molecule has 1 atom stereocenters. The number of anilines is 3. The van der Waals surface area contributed by atoms with Crippen molar-refractivity contribution in [2.45, 2.75) is 38.5 Å². The summed E-state index contributed by atoms with van der Waals surface area (Å²) in [7, 11) is 0. The summed E-state index contributed by atoms with van der Waals surface area (Å²) in [5, 5.41) is 13.6. The fourth-order valence-corrected chi connectivity index (χ4v) is 3.64. The molecule has 1 unspecified atom stereocenters. The number of carbonyl (C=O) groups is 1. The van der Waals surface area contributed by atoms with E-state index in [1.54, 1.807) is 25.1 Å². The van der Waals surface area contributed by atoms with Gasteiger partial charge in [-0.15, -0.1) is 0 Å². The lowest BCUT2D eigenvalue weighted by Crippen LogP contribution is -2.43. The van der Waals surface area contributed by atoms with E-state index in [0.717, 1.165) is 31.6 Å². The van der Waals surface area contributed by atoms with Gasteiger partial charge in [0.25, 0.3) is 0 Å². The van der Waals surface area contributed by atoms with Crippen LogP contribution in [-0.2, 0) is 4.74 Å². The average molecular weight is 429 g/mol. The predicted molar refractivity (Wildman–Crippen MR) is 122 cm³/mol. The Morgan fingerprint density at radius 2 is 1.90 bits per heavy atom. The number of rotatable bonds is 9. The van der Waals surface area contributed by atoms with Crippen molar-refractivity contribution >= 4 is 23.0 Å². The zero-order chi connectivity index (χ0) is 22.2. The molecule has 1 aliphatic rings. The third-order valence-corrected chi connectivity index (χ3v) is 5.43. The van der Waals surface area contributed by atoms with E-state index in [-0.39, 0.29) is 5.97 Å². The largest absolute Gasteiger partial charge is 0.463 e. The van der Waals surface area contributed by atoms with Crippen molar-refractivity contribution in [2.24, 2.45) is 0 Å². The molecule has 1 fully saturated rings. The second-order valence-electron chi connectivity index (χ2n) is 7.60. The summed E-state index contributed by atoms with van der Waals surface area (Å²) in [6, 6.07) is 13.1. The number of nitrogen functional groups attached to an aromatic ring is 2. The van der Waals surface area contributed by atoms with Crippen LogP contribution < -0.4 is 26.4 Å². The Hall–Kier alpha value is -2.97. The maximum atomic E-state index is 11.8. The van der Waals surface area contributed by atoms with Crippen molar-refractivity contribution in [3.8, 4) is 5.75 Å². The predicted octanol–water partition coefficient (Wildman–Crippen LogP) is 2.37. The van der Waals surface area contributed by atoms with Gasteiger partial charge in [-0.3, -0.25) is 0 Å². The number of aliphatic hydroxyl groups is 1. The van der Waals surface area contributed by atoms with Gasteiger partial charge in [0, 0.05) is 37.8 Å². The normalized spacial score (nSPS) is 15.5. The van der Waals surface area contributed by atoms with Crippen LogP contribution in [0.25, 0.3) is 0 Å². The Bertz CT molecular complexity index is 851. The molecule has 31 heavy (non-hydrogen) atoms. The molecule has 0 amide bonds. The van der Waals surface area contributed by atoms with E-state index in [4.69, 9.17) is 20.9 Å². The Kier molecular flexibility index (Phi) is 7.97. The molecule has 3 rings (SSSR count). The minimum absolute atomic E-state index is 0.290. The number of carbonyl (C=O) groups excluding carboxylic acids is 1. The smallest absolute Gasteiger partial charge is 0.338 e. The lowest BCUT2D eigenvalue weighted by Gasteiger charge is -2.34. The van der Waals surface area contributed by atoms with Crippen molar-refractivity contribution in [3.63, 3.8) is 0 Å². The quantitative estimate of drug-likeness (QED) is 0.273. The number of ether oxygens (including phenoxy) is 2. The summed E-state index contributed by atoms with van der Waals surface area (Å²) in [5.74, 6) is 0.108. The average Bonchev–Trinajstić information content (AvgIpc) is 2.78. The minimum Gasteiger partial charge on any atom is -0.463 e. The zero-order valence-electron chi connectivity index (χ0n) is 17.9. The van der Waals surface area contributed by atoms with Crippen molar-refractivity contribution in [1.82, 2.24) is 5.32 Å². The highest BCUT2D eigenvalue weighted by atomic mass is 16.6. The summed E-state index contributed by atoms with van der Waals surface area (Å²) < 4.78 is 10.5. The number of nitrogens with zero attached hydrogens (tertiary/aromatic N) is 1. The molecular weight excluding hydrogens is 396 g/mol. The van der Waals surface area contributed by atoms with Crippen LogP contribution in [0.4, 0.5) is 17.1 Å². The third kappa shape index (κ3) is 6.26. The minimum atomic E-state index is -0.949. The number of benzene rings is 2. The maximum Gasteiger partial charge on any atom is 0.338 e. The first-order valence-corrected chi connectivity index (χ1v) is 10.7. The van der Waals surface area contributed by atoms with Gasteiger partial charge >= 0.3 is 5.97 Å². The Labute approximate surface area is 183 Å². The van der Waals surface area contributed by atoms with Gasteiger partial charge in [-0.25, -0.2) is 4.79 Å². The van der Waals surface area contributed by atoms with Gasteiger partial charge in [0.1, 0.15) is 5.75 Å². The van der Waals surface area contributed by atoms with E-state index in [2.05, 4.69) is 10.2 Å². The number of hydrogen-bond acceptors (Lipinski definition) is 8. The standard InChI is InChI=1S/C23H32N4O4/c1-2-30-23(29)16-6-8-18(9-7-16)27-14-11-17(12-15-27)26-13-10-21(28)31-20-5-3-4-19(24)22(20)25/h3-9,17,21,26,28H,2,10-15,24-25H2,1H3. The molecule has 0 bridgehead atoms. The maximum absolute atomic E-state index is 11.8. The lowest BCUT2D eigenvalue weighted by atomic mass is 10.0. The molecule has 168 valence electrons. The molecule has 0 aromatic heterocycles. The number of hydrogen-bond donors (Lipinski definition) is 4. The van der Waals surface area contributed by atoms with E-state index in [0.29, 0.717) is 48.3 Å². The van der Waals surface area contributed by atoms with Crippen LogP contribution >= 0.6 is 0 Å². The Morgan fingerprint density at radius 1 is 1.19 bits per heavy atom. The van der Waals surface area contributed by atoms with Crippen LogP contribution in [0.2, 0.25) is 0 Å². The highest BCUT2D eigenvalue weighted by Gasteiger charge is 2.20. The first kappa shape index (κ1) is 22.7. The second-order valence-corrected chi connectivity index (χ2v) is 7.60. The third-order valence-electron chi connectivity index (χ3n) is 5.43. The summed E-state index contributed by atoms with van der Waals surface area (Å²) in [4.78, 5) is 14.1. The van der Waals surface area contributed by atoms with Gasteiger partial charge < -0.3 is 36.3 Å². The first-order chi connectivity index (χ1) is 15.0. The molecule has 0 spiro atoms. The molecule has 1 aliphatic heterocycles. The van der Waals surface area contributed by atoms with Crippen molar-refractivity contribution in [3.05, 3.63) is 48.0 Å². The number of piperidine rings is 1. The van der Waals surface area contributed by atoms with Gasteiger partial charge in [-0.05, 0) is 56.2 Å².